The van der Waals surface area contributed by atoms with Crippen molar-refractivity contribution >= 4 is 27.5 Å². The first-order valence-corrected chi connectivity index (χ1v) is 10.5. The van der Waals surface area contributed by atoms with Crippen LogP contribution in [0, 0.1) is 5.82 Å². The Morgan fingerprint density at radius 1 is 1.33 bits per heavy atom. The van der Waals surface area contributed by atoms with E-state index in [1.807, 2.05) is 18.2 Å². The maximum atomic E-state index is 14.0. The molecule has 0 saturated carbocycles. The van der Waals surface area contributed by atoms with Gasteiger partial charge < -0.3 is 10.1 Å². The van der Waals surface area contributed by atoms with E-state index in [-0.39, 0.29) is 12.4 Å². The van der Waals surface area contributed by atoms with Crippen molar-refractivity contribution in [3.63, 3.8) is 0 Å². The number of nitrogens with one attached hydrogen (secondary N) is 1. The molecule has 1 saturated heterocycles. The van der Waals surface area contributed by atoms with Gasteiger partial charge in [-0.25, -0.2) is 4.39 Å². The lowest BCUT2D eigenvalue weighted by Gasteiger charge is -2.23. The summed E-state index contributed by atoms with van der Waals surface area (Å²) in [5, 5.41) is 3.94. The number of hydrogen-bond donors (Lipinski definition) is 1. The minimum Gasteiger partial charge on any atom is -0.488 e. The van der Waals surface area contributed by atoms with E-state index in [1.165, 1.54) is 25.5 Å². The average molecular weight is 456 g/mol. The van der Waals surface area contributed by atoms with Crippen molar-refractivity contribution in [2.75, 3.05) is 19.6 Å². The number of likely N-dealkylation sites (tertiary alicyclic amines) is 1. The summed E-state index contributed by atoms with van der Waals surface area (Å²) in [5.74, 6) is 0.393. The van der Waals surface area contributed by atoms with Crippen LogP contribution in [0.5, 0.6) is 5.75 Å². The highest BCUT2D eigenvalue weighted by Gasteiger charge is 2.22. The number of hydrogen-bond acceptors (Lipinski definition) is 3. The van der Waals surface area contributed by atoms with Gasteiger partial charge in [0.05, 0.1) is 5.02 Å². The standard InChI is InChI=1S/C21H25BrClFN2O/c1-2-26-10-4-5-17(26)13-25-12-15-11-16(22)8-9-21(15)27-14-18-19(23)6-3-7-20(18)24/h3,6-9,11,17,25H,2,4-5,10,12-14H2,1H3/t17-/m0/s1. The smallest absolute Gasteiger partial charge is 0.131 e. The highest BCUT2D eigenvalue weighted by Crippen LogP contribution is 2.26. The molecule has 1 aliphatic rings. The van der Waals surface area contributed by atoms with Gasteiger partial charge in [0, 0.05) is 34.7 Å². The van der Waals surface area contributed by atoms with Crippen molar-refractivity contribution in [3.8, 4) is 5.75 Å². The van der Waals surface area contributed by atoms with E-state index in [1.54, 1.807) is 12.1 Å². The zero-order valence-electron chi connectivity index (χ0n) is 15.5. The molecule has 6 heteroatoms. The molecular weight excluding hydrogens is 431 g/mol. The first-order chi connectivity index (χ1) is 13.1. The molecule has 146 valence electrons. The molecule has 0 aliphatic carbocycles. The fraction of sp³-hybridized carbons (Fsp3) is 0.429. The zero-order valence-corrected chi connectivity index (χ0v) is 17.8. The Labute approximate surface area is 174 Å². The van der Waals surface area contributed by atoms with Gasteiger partial charge in [-0.05, 0) is 56.3 Å². The van der Waals surface area contributed by atoms with Gasteiger partial charge in [-0.3, -0.25) is 4.90 Å². The molecule has 1 heterocycles. The highest BCUT2D eigenvalue weighted by molar-refractivity contribution is 9.10. The number of nitrogens with zero attached hydrogens (tertiary/aromatic N) is 1. The molecular formula is C21H25BrClFN2O. The molecule has 0 spiro atoms. The molecule has 2 aromatic rings. The molecule has 3 nitrogen and oxygen atoms in total. The van der Waals surface area contributed by atoms with Gasteiger partial charge in [0.2, 0.25) is 0 Å². The van der Waals surface area contributed by atoms with Crippen LogP contribution in [-0.2, 0) is 13.2 Å². The summed E-state index contributed by atoms with van der Waals surface area (Å²) < 4.78 is 20.9. The summed E-state index contributed by atoms with van der Waals surface area (Å²) in [6.45, 7) is 6.27. The van der Waals surface area contributed by atoms with Gasteiger partial charge in [-0.15, -0.1) is 0 Å². The molecule has 1 atom stereocenters. The van der Waals surface area contributed by atoms with E-state index in [0.29, 0.717) is 23.2 Å². The average Bonchev–Trinajstić information content (AvgIpc) is 3.10. The van der Waals surface area contributed by atoms with Crippen molar-refractivity contribution in [1.82, 2.24) is 10.2 Å². The first-order valence-electron chi connectivity index (χ1n) is 9.37. The van der Waals surface area contributed by atoms with Crippen LogP contribution in [0.2, 0.25) is 5.02 Å². The Morgan fingerprint density at radius 2 is 2.19 bits per heavy atom. The molecule has 1 N–H and O–H groups in total. The van der Waals surface area contributed by atoms with Crippen LogP contribution in [0.25, 0.3) is 0 Å². The fourth-order valence-electron chi connectivity index (χ4n) is 3.56. The molecule has 0 bridgehead atoms. The number of ether oxygens (including phenoxy) is 1. The molecule has 1 aliphatic heterocycles. The molecule has 27 heavy (non-hydrogen) atoms. The summed E-state index contributed by atoms with van der Waals surface area (Å²) >= 11 is 9.62. The van der Waals surface area contributed by atoms with Crippen molar-refractivity contribution < 1.29 is 9.13 Å². The summed E-state index contributed by atoms with van der Waals surface area (Å²) in [7, 11) is 0. The van der Waals surface area contributed by atoms with E-state index in [0.717, 1.165) is 28.9 Å². The van der Waals surface area contributed by atoms with Crippen LogP contribution in [0.4, 0.5) is 4.39 Å². The summed E-state index contributed by atoms with van der Waals surface area (Å²) in [5.41, 5.74) is 1.42. The topological polar surface area (TPSA) is 24.5 Å². The highest BCUT2D eigenvalue weighted by atomic mass is 79.9. The Kier molecular flexibility index (Phi) is 7.53. The van der Waals surface area contributed by atoms with Gasteiger partial charge in [0.1, 0.15) is 18.2 Å². The second-order valence-corrected chi connectivity index (χ2v) is 8.12. The van der Waals surface area contributed by atoms with Gasteiger partial charge >= 0.3 is 0 Å². The van der Waals surface area contributed by atoms with Gasteiger partial charge in [-0.1, -0.05) is 40.5 Å². The van der Waals surface area contributed by atoms with E-state index >= 15 is 0 Å². The van der Waals surface area contributed by atoms with Crippen molar-refractivity contribution in [1.29, 1.82) is 0 Å². The third kappa shape index (κ3) is 5.44. The summed E-state index contributed by atoms with van der Waals surface area (Å²) in [6.07, 6.45) is 2.52. The van der Waals surface area contributed by atoms with E-state index in [4.69, 9.17) is 16.3 Å². The molecule has 1 fully saturated rings. The maximum Gasteiger partial charge on any atom is 0.131 e. The lowest BCUT2D eigenvalue weighted by atomic mass is 10.1. The fourth-order valence-corrected chi connectivity index (χ4v) is 4.19. The van der Waals surface area contributed by atoms with Gasteiger partial charge in [-0.2, -0.15) is 0 Å². The second-order valence-electron chi connectivity index (χ2n) is 6.80. The van der Waals surface area contributed by atoms with Crippen molar-refractivity contribution in [3.05, 3.63) is 62.8 Å². The first kappa shape index (κ1) is 20.6. The molecule has 0 amide bonds. The Hall–Kier alpha value is -1.14. The maximum absolute atomic E-state index is 14.0. The van der Waals surface area contributed by atoms with E-state index < -0.39 is 0 Å². The zero-order chi connectivity index (χ0) is 19.2. The SMILES string of the molecule is CCN1CCC[C@H]1CNCc1cc(Br)ccc1OCc1c(F)cccc1Cl. The summed E-state index contributed by atoms with van der Waals surface area (Å²) in [4.78, 5) is 2.52. The summed E-state index contributed by atoms with van der Waals surface area (Å²) in [6, 6.07) is 11.1. The van der Waals surface area contributed by atoms with Crippen LogP contribution >= 0.6 is 27.5 Å². The minimum atomic E-state index is -0.347. The number of benzene rings is 2. The van der Waals surface area contributed by atoms with Crippen molar-refractivity contribution in [2.24, 2.45) is 0 Å². The van der Waals surface area contributed by atoms with Crippen molar-refractivity contribution in [2.45, 2.75) is 39.0 Å². The quantitative estimate of drug-likeness (QED) is 0.577. The monoisotopic (exact) mass is 454 g/mol. The van der Waals surface area contributed by atoms with Crippen LogP contribution in [-0.4, -0.2) is 30.6 Å². The van der Waals surface area contributed by atoms with Crippen LogP contribution in [0.1, 0.15) is 30.9 Å². The predicted molar refractivity (Wildman–Crippen MR) is 112 cm³/mol. The van der Waals surface area contributed by atoms with Crippen LogP contribution in [0.3, 0.4) is 0 Å². The minimum absolute atomic E-state index is 0.104. The Bertz CT molecular complexity index is 754. The third-order valence-corrected chi connectivity index (χ3v) is 5.90. The lowest BCUT2D eigenvalue weighted by Crippen LogP contribution is -2.37. The normalized spacial score (nSPS) is 17.4. The Morgan fingerprint density at radius 3 is 2.96 bits per heavy atom. The Balaban J connectivity index is 1.62. The predicted octanol–water partition coefficient (Wildman–Crippen LogP) is 5.39. The van der Waals surface area contributed by atoms with E-state index in [2.05, 4.69) is 33.1 Å². The van der Waals surface area contributed by atoms with Crippen LogP contribution < -0.4 is 10.1 Å². The molecule has 0 radical (unpaired) electrons. The number of likely N-dealkylation sites (N-methyl/N-ethyl adjacent to an activating group) is 1. The van der Waals surface area contributed by atoms with E-state index in [9.17, 15) is 4.39 Å². The lowest BCUT2D eigenvalue weighted by molar-refractivity contribution is 0.258. The molecule has 0 aromatic heterocycles. The van der Waals surface area contributed by atoms with Gasteiger partial charge in [0.25, 0.3) is 0 Å². The largest absolute Gasteiger partial charge is 0.488 e. The molecule has 0 unspecified atom stereocenters. The third-order valence-electron chi connectivity index (χ3n) is 5.06. The van der Waals surface area contributed by atoms with Crippen LogP contribution in [0.15, 0.2) is 40.9 Å². The second kappa shape index (κ2) is 9.87. The van der Waals surface area contributed by atoms with Gasteiger partial charge in [0.15, 0.2) is 0 Å². The number of rotatable bonds is 8. The molecule has 3 rings (SSSR count). The number of halogens is 3. The molecule has 2 aromatic carbocycles.